The minimum atomic E-state index is 0.0765. The van der Waals surface area contributed by atoms with E-state index in [0.29, 0.717) is 5.95 Å². The molecule has 3 aromatic rings. The van der Waals surface area contributed by atoms with Gasteiger partial charge in [0.1, 0.15) is 15.7 Å². The number of hydrogen-bond acceptors (Lipinski definition) is 8. The van der Waals surface area contributed by atoms with Crippen molar-refractivity contribution in [1.82, 2.24) is 15.0 Å². The number of rotatable bonds is 4. The molecule has 1 atom stereocenters. The van der Waals surface area contributed by atoms with Crippen LogP contribution in [-0.4, -0.2) is 15.0 Å². The van der Waals surface area contributed by atoms with Crippen molar-refractivity contribution in [1.29, 1.82) is 0 Å². The Morgan fingerprint density at radius 3 is 2.71 bits per heavy atom. The second-order valence-electron chi connectivity index (χ2n) is 4.81. The topological polar surface area (TPSA) is 88.8 Å². The Morgan fingerprint density at radius 2 is 2.05 bits per heavy atom. The fraction of sp³-hybridized carbons (Fsp3) is 0.308. The molecule has 3 heterocycles. The first kappa shape index (κ1) is 14.2. The van der Waals surface area contributed by atoms with Gasteiger partial charge in [-0.3, -0.25) is 5.43 Å². The van der Waals surface area contributed by atoms with Gasteiger partial charge in [-0.1, -0.05) is 0 Å². The summed E-state index contributed by atoms with van der Waals surface area (Å²) in [6.45, 7) is 6.12. The molecule has 0 aromatic carbocycles. The largest absolute Gasteiger partial charge is 0.360 e. The number of thiophene rings is 1. The van der Waals surface area contributed by atoms with Crippen LogP contribution in [0.3, 0.4) is 0 Å². The molecule has 0 aliphatic rings. The average Bonchev–Trinajstić information content (AvgIpc) is 3.03. The average molecular weight is 320 g/mol. The molecule has 0 fully saturated rings. The standard InChI is InChI=1S/C13H16N6S2/c1-6-5-20-11(15-6)8(3)16-10-9-4-7(2)21-12(9)18-13(17-10)19-14/h4-5,8H,14H2,1-3H3,(H2,16,17,18,19). The molecule has 21 heavy (non-hydrogen) atoms. The van der Waals surface area contributed by atoms with E-state index in [1.165, 1.54) is 4.88 Å². The predicted molar refractivity (Wildman–Crippen MR) is 88.9 cm³/mol. The molecule has 6 nitrogen and oxygen atoms in total. The number of aromatic nitrogens is 3. The van der Waals surface area contributed by atoms with Crippen LogP contribution >= 0.6 is 22.7 Å². The van der Waals surface area contributed by atoms with Crippen molar-refractivity contribution in [2.45, 2.75) is 26.8 Å². The predicted octanol–water partition coefficient (Wildman–Crippen LogP) is 3.22. The lowest BCUT2D eigenvalue weighted by atomic mass is 10.3. The first-order valence-corrected chi connectivity index (χ1v) is 8.20. The van der Waals surface area contributed by atoms with Gasteiger partial charge >= 0.3 is 0 Å². The fourth-order valence-electron chi connectivity index (χ4n) is 2.05. The van der Waals surface area contributed by atoms with E-state index >= 15 is 0 Å². The van der Waals surface area contributed by atoms with Crippen molar-refractivity contribution >= 4 is 44.7 Å². The van der Waals surface area contributed by atoms with E-state index in [9.17, 15) is 0 Å². The van der Waals surface area contributed by atoms with Crippen molar-refractivity contribution < 1.29 is 0 Å². The molecule has 0 aliphatic heterocycles. The zero-order chi connectivity index (χ0) is 15.0. The molecular weight excluding hydrogens is 304 g/mol. The number of anilines is 2. The van der Waals surface area contributed by atoms with Gasteiger partial charge in [0, 0.05) is 16.0 Å². The molecule has 3 rings (SSSR count). The maximum Gasteiger partial charge on any atom is 0.240 e. The van der Waals surface area contributed by atoms with Crippen molar-refractivity contribution in [2.75, 3.05) is 10.7 Å². The summed E-state index contributed by atoms with van der Waals surface area (Å²) < 4.78 is 0. The summed E-state index contributed by atoms with van der Waals surface area (Å²) in [5.74, 6) is 6.64. The number of hydrazine groups is 1. The van der Waals surface area contributed by atoms with Gasteiger partial charge < -0.3 is 5.32 Å². The summed E-state index contributed by atoms with van der Waals surface area (Å²) in [6, 6.07) is 2.16. The Kier molecular flexibility index (Phi) is 3.75. The minimum Gasteiger partial charge on any atom is -0.360 e. The van der Waals surface area contributed by atoms with Gasteiger partial charge in [-0.2, -0.15) is 4.98 Å². The Balaban J connectivity index is 1.98. The van der Waals surface area contributed by atoms with Crippen LogP contribution < -0.4 is 16.6 Å². The van der Waals surface area contributed by atoms with Crippen LogP contribution in [0.15, 0.2) is 11.4 Å². The highest BCUT2D eigenvalue weighted by molar-refractivity contribution is 7.18. The Bertz CT molecular complexity index is 778. The minimum absolute atomic E-state index is 0.0765. The summed E-state index contributed by atoms with van der Waals surface area (Å²) in [5, 5.41) is 7.50. The Morgan fingerprint density at radius 1 is 1.24 bits per heavy atom. The van der Waals surface area contributed by atoms with E-state index in [0.717, 1.165) is 26.7 Å². The lowest BCUT2D eigenvalue weighted by Crippen LogP contribution is -2.13. The van der Waals surface area contributed by atoms with Crippen LogP contribution in [0, 0.1) is 13.8 Å². The Labute approximate surface area is 130 Å². The number of nitrogens with zero attached hydrogens (tertiary/aromatic N) is 3. The van der Waals surface area contributed by atoms with Gasteiger partial charge in [0.05, 0.1) is 11.4 Å². The summed E-state index contributed by atoms with van der Waals surface area (Å²) in [6.07, 6.45) is 0. The van der Waals surface area contributed by atoms with Crippen molar-refractivity contribution in [3.05, 3.63) is 27.0 Å². The quantitative estimate of drug-likeness (QED) is 0.505. The molecular formula is C13H16N6S2. The highest BCUT2D eigenvalue weighted by atomic mass is 32.1. The van der Waals surface area contributed by atoms with Gasteiger partial charge in [-0.05, 0) is 26.8 Å². The molecule has 0 amide bonds. The van der Waals surface area contributed by atoms with Crippen LogP contribution in [-0.2, 0) is 0 Å². The van der Waals surface area contributed by atoms with Crippen LogP contribution in [0.4, 0.5) is 11.8 Å². The molecule has 0 saturated heterocycles. The number of nitrogen functional groups attached to an aromatic ring is 1. The lowest BCUT2D eigenvalue weighted by Gasteiger charge is -2.13. The van der Waals surface area contributed by atoms with Gasteiger partial charge in [0.2, 0.25) is 5.95 Å². The third-order valence-corrected chi connectivity index (χ3v) is 5.10. The normalized spacial score (nSPS) is 12.6. The van der Waals surface area contributed by atoms with Gasteiger partial charge in [-0.25, -0.2) is 15.8 Å². The summed E-state index contributed by atoms with van der Waals surface area (Å²) in [4.78, 5) is 15.4. The van der Waals surface area contributed by atoms with Crippen LogP contribution in [0.5, 0.6) is 0 Å². The van der Waals surface area contributed by atoms with E-state index in [1.807, 2.05) is 12.3 Å². The number of nitrogens with two attached hydrogens (primary N) is 1. The fourth-order valence-corrected chi connectivity index (χ4v) is 3.74. The zero-order valence-corrected chi connectivity index (χ0v) is 13.6. The summed E-state index contributed by atoms with van der Waals surface area (Å²) >= 11 is 3.27. The van der Waals surface area contributed by atoms with E-state index in [-0.39, 0.29) is 6.04 Å². The number of nitrogens with one attached hydrogen (secondary N) is 2. The molecule has 0 spiro atoms. The number of fused-ring (bicyclic) bond motifs is 1. The molecule has 8 heteroatoms. The number of thiazole rings is 1. The van der Waals surface area contributed by atoms with Crippen LogP contribution in [0.25, 0.3) is 10.2 Å². The molecule has 1 unspecified atom stereocenters. The molecule has 3 aromatic heterocycles. The zero-order valence-electron chi connectivity index (χ0n) is 12.0. The highest BCUT2D eigenvalue weighted by Gasteiger charge is 2.15. The van der Waals surface area contributed by atoms with Crippen molar-refractivity contribution in [3.63, 3.8) is 0 Å². The monoisotopic (exact) mass is 320 g/mol. The second-order valence-corrected chi connectivity index (χ2v) is 6.93. The number of aryl methyl sites for hydroxylation is 2. The molecule has 0 radical (unpaired) electrons. The highest BCUT2D eigenvalue weighted by Crippen LogP contribution is 2.31. The first-order chi connectivity index (χ1) is 10.1. The molecule has 0 aliphatic carbocycles. The van der Waals surface area contributed by atoms with E-state index in [1.54, 1.807) is 22.7 Å². The molecule has 110 valence electrons. The van der Waals surface area contributed by atoms with E-state index in [4.69, 9.17) is 5.84 Å². The van der Waals surface area contributed by atoms with Crippen molar-refractivity contribution in [3.8, 4) is 0 Å². The van der Waals surface area contributed by atoms with Crippen LogP contribution in [0.2, 0.25) is 0 Å². The Hall–Kier alpha value is -1.77. The van der Waals surface area contributed by atoms with Gasteiger partial charge in [-0.15, -0.1) is 22.7 Å². The number of hydrogen-bond donors (Lipinski definition) is 3. The second kappa shape index (κ2) is 5.55. The maximum atomic E-state index is 5.45. The summed E-state index contributed by atoms with van der Waals surface area (Å²) in [5.41, 5.74) is 3.55. The lowest BCUT2D eigenvalue weighted by molar-refractivity contribution is 0.857. The van der Waals surface area contributed by atoms with E-state index in [2.05, 4.69) is 45.6 Å². The van der Waals surface area contributed by atoms with E-state index < -0.39 is 0 Å². The first-order valence-electron chi connectivity index (χ1n) is 6.50. The van der Waals surface area contributed by atoms with Crippen LogP contribution in [0.1, 0.15) is 28.5 Å². The van der Waals surface area contributed by atoms with Crippen molar-refractivity contribution in [2.24, 2.45) is 5.84 Å². The summed E-state index contributed by atoms with van der Waals surface area (Å²) in [7, 11) is 0. The van der Waals surface area contributed by atoms with Gasteiger partial charge in [0.25, 0.3) is 0 Å². The SMILES string of the molecule is Cc1csc(C(C)Nc2nc(NN)nc3sc(C)cc23)n1. The maximum absolute atomic E-state index is 5.45. The smallest absolute Gasteiger partial charge is 0.240 e. The third-order valence-electron chi connectivity index (χ3n) is 3.01. The molecule has 4 N–H and O–H groups in total. The van der Waals surface area contributed by atoms with Gasteiger partial charge in [0.15, 0.2) is 0 Å². The third kappa shape index (κ3) is 2.82. The molecule has 0 bridgehead atoms. The molecule has 0 saturated carbocycles.